The van der Waals surface area contributed by atoms with Crippen molar-refractivity contribution < 1.29 is 4.39 Å². The lowest BCUT2D eigenvalue weighted by atomic mass is 10.5. The third-order valence-corrected chi connectivity index (χ3v) is 1.67. The van der Waals surface area contributed by atoms with Crippen molar-refractivity contribution in [3.8, 4) is 0 Å². The molecule has 0 aromatic carbocycles. The quantitative estimate of drug-likeness (QED) is 0.460. The second-order valence-electron chi connectivity index (χ2n) is 3.19. The summed E-state index contributed by atoms with van der Waals surface area (Å²) >= 11 is 0. The summed E-state index contributed by atoms with van der Waals surface area (Å²) in [6.07, 6.45) is 0.709. The van der Waals surface area contributed by atoms with Crippen molar-refractivity contribution in [3.05, 3.63) is 65.5 Å². The number of hydrogen-bond acceptors (Lipinski definition) is 4. The highest BCUT2D eigenvalue weighted by molar-refractivity contribution is 4.93. The summed E-state index contributed by atoms with van der Waals surface area (Å²) in [6.45, 7) is 1.65. The Labute approximate surface area is 97.5 Å². The van der Waals surface area contributed by atoms with Crippen molar-refractivity contribution >= 4 is 0 Å². The lowest BCUT2D eigenvalue weighted by Crippen LogP contribution is -2.23. The van der Waals surface area contributed by atoms with Crippen LogP contribution >= 0.6 is 0 Å². The minimum Gasteiger partial charge on any atom is -0.312 e. The third-order valence-electron chi connectivity index (χ3n) is 1.67. The molecule has 18 heavy (non-hydrogen) atoms. The Kier molecular flexibility index (Phi) is 4.13. The molecule has 0 aliphatic carbocycles. The van der Waals surface area contributed by atoms with E-state index in [-0.39, 0.29) is 5.56 Å². The zero-order valence-electron chi connectivity index (χ0n) is 9.17. The van der Waals surface area contributed by atoms with E-state index in [2.05, 4.69) is 4.98 Å². The molecule has 0 aliphatic heterocycles. The summed E-state index contributed by atoms with van der Waals surface area (Å²) in [7, 11) is 0. The first-order valence-electron chi connectivity index (χ1n) is 4.66. The van der Waals surface area contributed by atoms with Crippen LogP contribution in [0.1, 0.15) is 5.69 Å². The van der Waals surface area contributed by atoms with Gasteiger partial charge in [0.1, 0.15) is 0 Å². The SMILES string of the molecule is Cc1cc(=O)[nH]c(=O)[nH]1.O=c1[nH]cc(F)c(=O)[nH]1. The number of halogens is 1. The van der Waals surface area contributed by atoms with Crippen LogP contribution in [0.15, 0.2) is 31.4 Å². The molecule has 2 heterocycles. The first-order valence-corrected chi connectivity index (χ1v) is 4.66. The summed E-state index contributed by atoms with van der Waals surface area (Å²) in [5.41, 5.74) is -1.96. The van der Waals surface area contributed by atoms with E-state index < -0.39 is 22.8 Å². The number of aromatic amines is 4. The van der Waals surface area contributed by atoms with Crippen LogP contribution in [0.5, 0.6) is 0 Å². The van der Waals surface area contributed by atoms with E-state index in [9.17, 15) is 23.6 Å². The van der Waals surface area contributed by atoms with Gasteiger partial charge in [-0.25, -0.2) is 9.59 Å². The van der Waals surface area contributed by atoms with Gasteiger partial charge < -0.3 is 9.97 Å². The van der Waals surface area contributed by atoms with Crippen LogP contribution in [0.2, 0.25) is 0 Å². The monoisotopic (exact) mass is 256 g/mol. The molecule has 2 aromatic heterocycles. The summed E-state index contributed by atoms with van der Waals surface area (Å²) in [6, 6.07) is 1.32. The summed E-state index contributed by atoms with van der Waals surface area (Å²) in [5.74, 6) is -0.991. The van der Waals surface area contributed by atoms with Crippen LogP contribution < -0.4 is 22.5 Å². The van der Waals surface area contributed by atoms with Crippen molar-refractivity contribution in [3.63, 3.8) is 0 Å². The van der Waals surface area contributed by atoms with Crippen molar-refractivity contribution in [1.29, 1.82) is 0 Å². The van der Waals surface area contributed by atoms with Gasteiger partial charge in [0.05, 0.1) is 0 Å². The number of rotatable bonds is 0. The number of hydrogen-bond donors (Lipinski definition) is 4. The number of H-pyrrole nitrogens is 4. The first kappa shape index (κ1) is 13.4. The average molecular weight is 256 g/mol. The van der Waals surface area contributed by atoms with E-state index in [0.29, 0.717) is 11.9 Å². The van der Waals surface area contributed by atoms with Crippen molar-refractivity contribution in [2.24, 2.45) is 0 Å². The van der Waals surface area contributed by atoms with Gasteiger partial charge >= 0.3 is 11.4 Å². The van der Waals surface area contributed by atoms with E-state index in [1.807, 2.05) is 9.97 Å². The molecule has 0 unspecified atom stereocenters. The maximum atomic E-state index is 12.0. The van der Waals surface area contributed by atoms with Gasteiger partial charge in [0.2, 0.25) is 5.82 Å². The van der Waals surface area contributed by atoms with Gasteiger partial charge in [0.15, 0.2) is 0 Å². The van der Waals surface area contributed by atoms with Crippen LogP contribution in [-0.4, -0.2) is 19.9 Å². The Hall–Kier alpha value is -2.71. The largest absolute Gasteiger partial charge is 0.325 e. The fourth-order valence-corrected chi connectivity index (χ4v) is 0.984. The third kappa shape index (κ3) is 4.04. The molecule has 0 spiro atoms. The van der Waals surface area contributed by atoms with Gasteiger partial charge in [0, 0.05) is 18.0 Å². The normalized spacial score (nSPS) is 9.44. The highest BCUT2D eigenvalue weighted by Crippen LogP contribution is 1.74. The van der Waals surface area contributed by atoms with Crippen molar-refractivity contribution in [2.75, 3.05) is 0 Å². The molecule has 2 rings (SSSR count). The molecule has 4 N–H and O–H groups in total. The Morgan fingerprint density at radius 2 is 1.67 bits per heavy atom. The minimum absolute atomic E-state index is 0.365. The molecule has 0 radical (unpaired) electrons. The van der Waals surface area contributed by atoms with E-state index >= 15 is 0 Å². The molecule has 0 bridgehead atoms. The fourth-order valence-electron chi connectivity index (χ4n) is 0.984. The van der Waals surface area contributed by atoms with Crippen LogP contribution in [0.3, 0.4) is 0 Å². The summed E-state index contributed by atoms with van der Waals surface area (Å²) in [4.78, 5) is 49.3. The van der Waals surface area contributed by atoms with Crippen LogP contribution in [-0.2, 0) is 0 Å². The van der Waals surface area contributed by atoms with E-state index in [0.717, 1.165) is 0 Å². The van der Waals surface area contributed by atoms with Gasteiger partial charge in [-0.1, -0.05) is 0 Å². The lowest BCUT2D eigenvalue weighted by molar-refractivity contribution is 0.597. The van der Waals surface area contributed by atoms with Gasteiger partial charge in [-0.15, -0.1) is 0 Å². The molecule has 2 aromatic rings. The van der Waals surface area contributed by atoms with Crippen LogP contribution in [0.4, 0.5) is 4.39 Å². The lowest BCUT2D eigenvalue weighted by Gasteiger charge is -1.85. The molecule has 9 heteroatoms. The molecule has 0 aliphatic rings. The first-order chi connectivity index (χ1) is 8.38. The van der Waals surface area contributed by atoms with Gasteiger partial charge in [0.25, 0.3) is 11.1 Å². The predicted molar refractivity (Wildman–Crippen MR) is 60.1 cm³/mol. The highest BCUT2D eigenvalue weighted by atomic mass is 19.1. The van der Waals surface area contributed by atoms with E-state index in [4.69, 9.17) is 0 Å². The van der Waals surface area contributed by atoms with Gasteiger partial charge in [-0.3, -0.25) is 19.6 Å². The Morgan fingerprint density at radius 1 is 1.00 bits per heavy atom. The molecule has 0 saturated heterocycles. The number of aryl methyl sites for hydroxylation is 1. The maximum absolute atomic E-state index is 12.0. The average Bonchev–Trinajstić information content (AvgIpc) is 2.23. The van der Waals surface area contributed by atoms with Crippen molar-refractivity contribution in [1.82, 2.24) is 19.9 Å². The predicted octanol–water partition coefficient (Wildman–Crippen LogP) is -1.43. The number of nitrogens with one attached hydrogen (secondary N) is 4. The molecule has 96 valence electrons. The molecular weight excluding hydrogens is 247 g/mol. The molecule has 0 atom stereocenters. The molecule has 0 fully saturated rings. The Bertz CT molecular complexity index is 726. The zero-order valence-corrected chi connectivity index (χ0v) is 9.17. The molecular formula is C9H9FN4O4. The van der Waals surface area contributed by atoms with Crippen LogP contribution in [0, 0.1) is 12.7 Å². The standard InChI is InChI=1S/C5H6N2O2.C4H3FN2O2/c1-3-2-4(8)7-5(9)6-3;5-2-1-6-4(9)7-3(2)8/h2H,1H3,(H2,6,7,8,9);1H,(H2,6,7,8,9). The second kappa shape index (κ2) is 5.57. The minimum atomic E-state index is -1.00. The topological polar surface area (TPSA) is 131 Å². The second-order valence-corrected chi connectivity index (χ2v) is 3.19. The molecule has 0 saturated carbocycles. The van der Waals surface area contributed by atoms with Crippen molar-refractivity contribution in [2.45, 2.75) is 6.92 Å². The zero-order chi connectivity index (χ0) is 13.7. The highest BCUT2D eigenvalue weighted by Gasteiger charge is 1.93. The molecule has 8 nitrogen and oxygen atoms in total. The Balaban J connectivity index is 0.000000180. The number of aromatic nitrogens is 4. The smallest absolute Gasteiger partial charge is 0.312 e. The van der Waals surface area contributed by atoms with E-state index in [1.54, 1.807) is 11.9 Å². The Morgan fingerprint density at radius 3 is 2.11 bits per heavy atom. The van der Waals surface area contributed by atoms with Gasteiger partial charge in [-0.2, -0.15) is 4.39 Å². The van der Waals surface area contributed by atoms with Gasteiger partial charge in [-0.05, 0) is 6.92 Å². The fraction of sp³-hybridized carbons (Fsp3) is 0.111. The maximum Gasteiger partial charge on any atom is 0.325 e. The summed E-state index contributed by atoms with van der Waals surface area (Å²) < 4.78 is 12.0. The summed E-state index contributed by atoms with van der Waals surface area (Å²) in [5, 5.41) is 0. The molecule has 0 amide bonds. The van der Waals surface area contributed by atoms with E-state index in [1.165, 1.54) is 6.07 Å². The van der Waals surface area contributed by atoms with Crippen LogP contribution in [0.25, 0.3) is 0 Å².